The Kier molecular flexibility index (Phi) is 6.22. The van der Waals surface area contributed by atoms with E-state index in [2.05, 4.69) is 20.9 Å². The summed E-state index contributed by atoms with van der Waals surface area (Å²) in [5, 5.41) is 9.30. The number of benzene rings is 1. The molecule has 1 unspecified atom stereocenters. The number of amides is 1. The lowest BCUT2D eigenvalue weighted by Gasteiger charge is -2.29. The van der Waals surface area contributed by atoms with Crippen molar-refractivity contribution in [1.82, 2.24) is 10.3 Å². The zero-order valence-corrected chi connectivity index (χ0v) is 17.7. The normalized spacial score (nSPS) is 12.4. The topological polar surface area (TPSA) is 100 Å². The largest absolute Gasteiger partial charge is 0.360 e. The van der Waals surface area contributed by atoms with Crippen molar-refractivity contribution in [2.24, 2.45) is 5.41 Å². The Morgan fingerprint density at radius 2 is 1.83 bits per heavy atom. The minimum absolute atomic E-state index is 0.143. The summed E-state index contributed by atoms with van der Waals surface area (Å²) in [4.78, 5) is 41.0. The fourth-order valence-electron chi connectivity index (χ4n) is 3.03. The summed E-state index contributed by atoms with van der Waals surface area (Å²) in [5.41, 5.74) is -0.110. The average molecular weight is 427 g/mol. The lowest BCUT2D eigenvalue weighted by molar-refractivity contribution is 0.0933. The number of rotatable bonds is 7. The highest BCUT2D eigenvalue weighted by atomic mass is 35.5. The maximum Gasteiger partial charge on any atom is 0.253 e. The van der Waals surface area contributed by atoms with Crippen molar-refractivity contribution in [3.63, 3.8) is 0 Å². The molecule has 0 spiro atoms. The minimum Gasteiger partial charge on any atom is -0.360 e. The minimum atomic E-state index is -0.627. The van der Waals surface area contributed by atoms with Crippen LogP contribution in [0.5, 0.6) is 0 Å². The molecule has 2 aromatic carbocycles. The van der Waals surface area contributed by atoms with Gasteiger partial charge in [-0.3, -0.25) is 19.4 Å². The highest BCUT2D eigenvalue weighted by molar-refractivity contribution is 6.30. The SMILES string of the molecule is CC(C)(C)CC(NC(=O)c1cccc(Cl)c1)Nc1c(Nc2cccnc2)c(=O)c1=O. The zero-order valence-electron chi connectivity index (χ0n) is 17.0. The number of pyridine rings is 1. The maximum atomic E-state index is 12.7. The molecule has 3 N–H and O–H groups in total. The first kappa shape index (κ1) is 21.5. The number of anilines is 3. The fraction of sp³-hybridized carbons (Fsp3) is 0.273. The van der Waals surface area contributed by atoms with Gasteiger partial charge in [-0.2, -0.15) is 0 Å². The van der Waals surface area contributed by atoms with Crippen molar-refractivity contribution < 1.29 is 4.79 Å². The molecule has 1 aromatic heterocycles. The van der Waals surface area contributed by atoms with Crippen molar-refractivity contribution in [3.8, 4) is 0 Å². The van der Waals surface area contributed by atoms with Gasteiger partial charge in [-0.25, -0.2) is 0 Å². The van der Waals surface area contributed by atoms with Crippen LogP contribution in [-0.2, 0) is 0 Å². The van der Waals surface area contributed by atoms with Crippen molar-refractivity contribution in [2.75, 3.05) is 10.6 Å². The molecule has 0 radical (unpaired) electrons. The van der Waals surface area contributed by atoms with Gasteiger partial charge in [0.1, 0.15) is 11.4 Å². The molecule has 3 aromatic rings. The second-order valence-corrected chi connectivity index (χ2v) is 8.66. The molecule has 1 amide bonds. The quantitative estimate of drug-likeness (QED) is 0.393. The predicted octanol–water partition coefficient (Wildman–Crippen LogP) is 3.68. The summed E-state index contributed by atoms with van der Waals surface area (Å²) < 4.78 is 0. The second kappa shape index (κ2) is 8.67. The average Bonchev–Trinajstić information content (AvgIpc) is 2.69. The molecule has 30 heavy (non-hydrogen) atoms. The van der Waals surface area contributed by atoms with Crippen molar-refractivity contribution >= 4 is 34.6 Å². The highest BCUT2D eigenvalue weighted by Gasteiger charge is 2.27. The summed E-state index contributed by atoms with van der Waals surface area (Å²) in [6, 6.07) is 10.1. The van der Waals surface area contributed by atoms with Gasteiger partial charge < -0.3 is 16.0 Å². The molecule has 0 aliphatic heterocycles. The van der Waals surface area contributed by atoms with Crippen molar-refractivity contribution in [2.45, 2.75) is 33.4 Å². The van der Waals surface area contributed by atoms with Crippen LogP contribution in [0, 0.1) is 5.41 Å². The van der Waals surface area contributed by atoms with E-state index in [1.54, 1.807) is 48.8 Å². The number of halogens is 1. The van der Waals surface area contributed by atoms with Crippen LogP contribution in [0.25, 0.3) is 0 Å². The van der Waals surface area contributed by atoms with Crippen LogP contribution < -0.4 is 26.8 Å². The summed E-state index contributed by atoms with van der Waals surface area (Å²) in [7, 11) is 0. The Balaban J connectivity index is 1.82. The fourth-order valence-corrected chi connectivity index (χ4v) is 3.22. The van der Waals surface area contributed by atoms with Crippen LogP contribution in [0.2, 0.25) is 5.02 Å². The number of carbonyl (C=O) groups is 1. The Morgan fingerprint density at radius 1 is 1.10 bits per heavy atom. The third kappa shape index (κ3) is 5.24. The van der Waals surface area contributed by atoms with Crippen LogP contribution in [0.4, 0.5) is 17.1 Å². The lowest BCUT2D eigenvalue weighted by Crippen LogP contribution is -2.47. The van der Waals surface area contributed by atoms with Gasteiger partial charge in [0.05, 0.1) is 18.1 Å². The van der Waals surface area contributed by atoms with Gasteiger partial charge in [-0.05, 0) is 42.2 Å². The first-order chi connectivity index (χ1) is 14.1. The van der Waals surface area contributed by atoms with Crippen molar-refractivity contribution in [3.05, 3.63) is 79.8 Å². The number of nitrogens with one attached hydrogen (secondary N) is 3. The van der Waals surface area contributed by atoms with Gasteiger partial charge in [0.15, 0.2) is 0 Å². The number of hydrogen-bond donors (Lipinski definition) is 3. The molecule has 156 valence electrons. The molecule has 0 bridgehead atoms. The van der Waals surface area contributed by atoms with Gasteiger partial charge in [0.2, 0.25) is 0 Å². The number of carbonyl (C=O) groups excluding carboxylic acids is 1. The van der Waals surface area contributed by atoms with E-state index in [0.29, 0.717) is 22.7 Å². The standard InChI is InChI=1S/C22H23ClN4O3/c1-22(2,3)11-16(27-21(30)13-6-4-7-14(23)10-13)26-18-17(19(28)20(18)29)25-15-8-5-9-24-12-15/h4-10,12,16,25-26H,11H2,1-3H3,(H,27,30). The number of hydrogen-bond acceptors (Lipinski definition) is 6. The molecular formula is C22H23ClN4O3. The smallest absolute Gasteiger partial charge is 0.253 e. The molecule has 1 atom stereocenters. The van der Waals surface area contributed by atoms with Crippen LogP contribution in [0.1, 0.15) is 37.6 Å². The van der Waals surface area contributed by atoms with Crippen molar-refractivity contribution in [1.29, 1.82) is 0 Å². The van der Waals surface area contributed by atoms with Gasteiger partial charge >= 0.3 is 0 Å². The van der Waals surface area contributed by atoms with Crippen LogP contribution in [-0.4, -0.2) is 17.1 Å². The van der Waals surface area contributed by atoms with E-state index < -0.39 is 17.0 Å². The van der Waals surface area contributed by atoms with Gasteiger partial charge in [0.25, 0.3) is 16.8 Å². The highest BCUT2D eigenvalue weighted by Crippen LogP contribution is 2.25. The molecule has 0 fully saturated rings. The van der Waals surface area contributed by atoms with E-state index >= 15 is 0 Å². The molecule has 3 rings (SSSR count). The first-order valence-corrected chi connectivity index (χ1v) is 9.85. The second-order valence-electron chi connectivity index (χ2n) is 8.22. The monoisotopic (exact) mass is 426 g/mol. The molecule has 7 nitrogen and oxygen atoms in total. The van der Waals surface area contributed by atoms with E-state index in [1.807, 2.05) is 20.8 Å². The van der Waals surface area contributed by atoms with E-state index in [9.17, 15) is 14.4 Å². The molecular weight excluding hydrogens is 404 g/mol. The molecule has 0 aliphatic carbocycles. The Bertz CT molecular complexity index is 1120. The Hall–Kier alpha value is -3.19. The van der Waals surface area contributed by atoms with Crippen LogP contribution in [0.15, 0.2) is 58.4 Å². The van der Waals surface area contributed by atoms with Gasteiger partial charge in [0, 0.05) is 16.8 Å². The zero-order chi connectivity index (χ0) is 21.9. The van der Waals surface area contributed by atoms with Crippen LogP contribution >= 0.6 is 11.6 Å². The first-order valence-electron chi connectivity index (χ1n) is 9.47. The molecule has 1 heterocycles. The third-order valence-electron chi connectivity index (χ3n) is 4.37. The van der Waals surface area contributed by atoms with Gasteiger partial charge in [-0.1, -0.05) is 38.4 Å². The maximum absolute atomic E-state index is 12.7. The number of aromatic nitrogens is 1. The summed E-state index contributed by atoms with van der Waals surface area (Å²) in [6.45, 7) is 6.05. The van der Waals surface area contributed by atoms with E-state index in [1.165, 1.54) is 0 Å². The van der Waals surface area contributed by atoms with E-state index in [4.69, 9.17) is 11.6 Å². The summed E-state index contributed by atoms with van der Waals surface area (Å²) in [6.07, 6.45) is 3.10. The molecule has 8 heteroatoms. The third-order valence-corrected chi connectivity index (χ3v) is 4.60. The summed E-state index contributed by atoms with van der Waals surface area (Å²) >= 11 is 5.98. The molecule has 0 saturated heterocycles. The summed E-state index contributed by atoms with van der Waals surface area (Å²) in [5.74, 6) is -0.334. The predicted molar refractivity (Wildman–Crippen MR) is 119 cm³/mol. The van der Waals surface area contributed by atoms with E-state index in [-0.39, 0.29) is 22.7 Å². The Morgan fingerprint density at radius 3 is 2.47 bits per heavy atom. The van der Waals surface area contributed by atoms with E-state index in [0.717, 1.165) is 0 Å². The molecule has 0 saturated carbocycles. The lowest BCUT2D eigenvalue weighted by atomic mass is 9.90. The number of nitrogens with zero attached hydrogens (tertiary/aromatic N) is 1. The Labute approximate surface area is 179 Å². The van der Waals surface area contributed by atoms with Crippen LogP contribution in [0.3, 0.4) is 0 Å². The van der Waals surface area contributed by atoms with Gasteiger partial charge in [-0.15, -0.1) is 0 Å². The molecule has 0 aliphatic rings.